The third-order valence-corrected chi connectivity index (χ3v) is 3.13. The molecule has 4 heteroatoms. The van der Waals surface area contributed by atoms with Crippen LogP contribution in [-0.2, 0) is 6.54 Å². The first kappa shape index (κ1) is 13.8. The molecule has 0 saturated carbocycles. The molecule has 2 aromatic rings. The normalized spacial score (nSPS) is 10.8. The zero-order valence-electron chi connectivity index (χ0n) is 11.1. The Hall–Kier alpha value is -1.58. The van der Waals surface area contributed by atoms with Gasteiger partial charge in [-0.2, -0.15) is 0 Å². The van der Waals surface area contributed by atoms with E-state index < -0.39 is 0 Å². The summed E-state index contributed by atoms with van der Waals surface area (Å²) in [6.07, 6.45) is 1.67. The molecule has 0 saturated heterocycles. The van der Waals surface area contributed by atoms with Gasteiger partial charge < -0.3 is 10.5 Å². The lowest BCUT2D eigenvalue weighted by Crippen LogP contribution is -1.98. The van der Waals surface area contributed by atoms with Crippen molar-refractivity contribution in [3.63, 3.8) is 0 Å². The summed E-state index contributed by atoms with van der Waals surface area (Å²) in [5.41, 5.74) is 7.68. The van der Waals surface area contributed by atoms with Gasteiger partial charge in [-0.15, -0.1) is 0 Å². The number of rotatable bonds is 4. The Morgan fingerprint density at radius 1 is 1.26 bits per heavy atom. The van der Waals surface area contributed by atoms with Crippen molar-refractivity contribution in [3.05, 3.63) is 52.7 Å². The molecule has 0 bridgehead atoms. The second-order valence-electron chi connectivity index (χ2n) is 4.66. The molecule has 0 aliphatic heterocycles. The van der Waals surface area contributed by atoms with Crippen molar-refractivity contribution in [2.24, 2.45) is 5.73 Å². The molecule has 0 atom stereocenters. The number of nitrogens with two attached hydrogens (primary N) is 1. The van der Waals surface area contributed by atoms with Gasteiger partial charge in [0.2, 0.25) is 5.88 Å². The van der Waals surface area contributed by atoms with Crippen molar-refractivity contribution < 1.29 is 4.74 Å². The van der Waals surface area contributed by atoms with Gasteiger partial charge in [-0.1, -0.05) is 37.6 Å². The van der Waals surface area contributed by atoms with Crippen LogP contribution in [0.3, 0.4) is 0 Å². The second kappa shape index (κ2) is 6.04. The third-order valence-electron chi connectivity index (χ3n) is 2.86. The Morgan fingerprint density at radius 2 is 1.95 bits per heavy atom. The number of pyridine rings is 1. The molecule has 0 amide bonds. The number of halogens is 1. The van der Waals surface area contributed by atoms with Gasteiger partial charge in [0.05, 0.1) is 0 Å². The Balaban J connectivity index is 2.16. The van der Waals surface area contributed by atoms with Crippen LogP contribution in [0.15, 0.2) is 36.5 Å². The summed E-state index contributed by atoms with van der Waals surface area (Å²) in [7, 11) is 0. The van der Waals surface area contributed by atoms with Gasteiger partial charge in [0.1, 0.15) is 10.8 Å². The van der Waals surface area contributed by atoms with E-state index in [0.29, 0.717) is 23.4 Å². The van der Waals surface area contributed by atoms with Gasteiger partial charge in [0, 0.05) is 12.7 Å². The highest BCUT2D eigenvalue weighted by atomic mass is 35.5. The summed E-state index contributed by atoms with van der Waals surface area (Å²) in [5, 5.41) is 0.468. The smallest absolute Gasteiger partial charge is 0.238 e. The second-order valence-corrected chi connectivity index (χ2v) is 5.07. The van der Waals surface area contributed by atoms with Crippen molar-refractivity contribution in [1.29, 1.82) is 0 Å². The number of aromatic nitrogens is 1. The van der Waals surface area contributed by atoms with E-state index in [0.717, 1.165) is 11.3 Å². The van der Waals surface area contributed by atoms with Gasteiger partial charge in [-0.25, -0.2) is 4.98 Å². The quantitative estimate of drug-likeness (QED) is 0.914. The largest absolute Gasteiger partial charge is 0.438 e. The molecule has 0 aliphatic carbocycles. The summed E-state index contributed by atoms with van der Waals surface area (Å²) in [6, 6.07) is 9.70. The molecule has 1 heterocycles. The minimum atomic E-state index is 0.399. The van der Waals surface area contributed by atoms with Crippen molar-refractivity contribution in [2.45, 2.75) is 26.3 Å². The van der Waals surface area contributed by atoms with E-state index in [1.807, 2.05) is 24.3 Å². The Kier molecular flexibility index (Phi) is 4.40. The number of benzene rings is 1. The van der Waals surface area contributed by atoms with Gasteiger partial charge in [-0.05, 0) is 35.2 Å². The minimum Gasteiger partial charge on any atom is -0.438 e. The van der Waals surface area contributed by atoms with Gasteiger partial charge >= 0.3 is 0 Å². The average Bonchev–Trinajstić information content (AvgIpc) is 2.41. The summed E-state index contributed by atoms with van der Waals surface area (Å²) in [4.78, 5) is 4.17. The Labute approximate surface area is 118 Å². The molecule has 0 fully saturated rings. The fraction of sp³-hybridized carbons (Fsp3) is 0.267. The predicted molar refractivity (Wildman–Crippen MR) is 77.7 cm³/mol. The summed E-state index contributed by atoms with van der Waals surface area (Å²) in [5.74, 6) is 1.62. The molecular formula is C15H17ClN2O. The predicted octanol–water partition coefficient (Wildman–Crippen LogP) is 4.11. The first-order valence-electron chi connectivity index (χ1n) is 6.22. The van der Waals surface area contributed by atoms with E-state index in [-0.39, 0.29) is 0 Å². The molecule has 100 valence electrons. The molecule has 0 aliphatic rings. The molecule has 3 nitrogen and oxygen atoms in total. The van der Waals surface area contributed by atoms with Crippen LogP contribution in [0.4, 0.5) is 0 Å². The lowest BCUT2D eigenvalue weighted by Gasteiger charge is -2.09. The molecule has 0 radical (unpaired) electrons. The molecule has 2 N–H and O–H groups in total. The molecule has 2 rings (SSSR count). The minimum absolute atomic E-state index is 0.399. The van der Waals surface area contributed by atoms with Crippen LogP contribution in [0.5, 0.6) is 11.6 Å². The maximum absolute atomic E-state index is 6.10. The number of nitrogens with zero attached hydrogens (tertiary/aromatic N) is 1. The number of ether oxygens (including phenoxy) is 1. The maximum Gasteiger partial charge on any atom is 0.238 e. The fourth-order valence-corrected chi connectivity index (χ4v) is 1.91. The number of hydrogen-bond acceptors (Lipinski definition) is 3. The highest BCUT2D eigenvalue weighted by molar-refractivity contribution is 6.31. The molecule has 0 unspecified atom stereocenters. The Morgan fingerprint density at radius 3 is 2.47 bits per heavy atom. The standard InChI is InChI=1S/C15H17ClN2O/c1-10(2)12-3-5-13(6-4-12)19-15-14(16)7-11(8-17)9-18-15/h3-7,9-10H,8,17H2,1-2H3. The zero-order valence-corrected chi connectivity index (χ0v) is 11.8. The van der Waals surface area contributed by atoms with Crippen LogP contribution in [-0.4, -0.2) is 4.98 Å². The van der Waals surface area contributed by atoms with Crippen LogP contribution in [0, 0.1) is 0 Å². The van der Waals surface area contributed by atoms with Gasteiger partial charge in [0.25, 0.3) is 0 Å². The fourth-order valence-electron chi connectivity index (χ4n) is 1.68. The number of hydrogen-bond donors (Lipinski definition) is 1. The highest BCUT2D eigenvalue weighted by Crippen LogP contribution is 2.28. The zero-order chi connectivity index (χ0) is 13.8. The van der Waals surface area contributed by atoms with Crippen molar-refractivity contribution in [3.8, 4) is 11.6 Å². The van der Waals surface area contributed by atoms with E-state index in [1.165, 1.54) is 5.56 Å². The van der Waals surface area contributed by atoms with Crippen molar-refractivity contribution >= 4 is 11.6 Å². The average molecular weight is 277 g/mol. The van der Waals surface area contributed by atoms with E-state index in [1.54, 1.807) is 12.3 Å². The van der Waals surface area contributed by atoms with Crippen LogP contribution in [0.25, 0.3) is 0 Å². The SMILES string of the molecule is CC(C)c1ccc(Oc2ncc(CN)cc2Cl)cc1. The van der Waals surface area contributed by atoms with Crippen LogP contribution >= 0.6 is 11.6 Å². The lowest BCUT2D eigenvalue weighted by atomic mass is 10.0. The monoisotopic (exact) mass is 276 g/mol. The molecule has 19 heavy (non-hydrogen) atoms. The summed E-state index contributed by atoms with van der Waals surface area (Å²) >= 11 is 6.10. The van der Waals surface area contributed by atoms with Gasteiger partial charge in [0.15, 0.2) is 0 Å². The third kappa shape index (κ3) is 3.46. The van der Waals surface area contributed by atoms with Crippen LogP contribution in [0.2, 0.25) is 5.02 Å². The van der Waals surface area contributed by atoms with Crippen molar-refractivity contribution in [1.82, 2.24) is 4.98 Å². The molecule has 0 spiro atoms. The lowest BCUT2D eigenvalue weighted by molar-refractivity contribution is 0.462. The first-order valence-corrected chi connectivity index (χ1v) is 6.60. The van der Waals surface area contributed by atoms with Crippen LogP contribution in [0.1, 0.15) is 30.9 Å². The topological polar surface area (TPSA) is 48.1 Å². The highest BCUT2D eigenvalue weighted by Gasteiger charge is 2.06. The van der Waals surface area contributed by atoms with Crippen molar-refractivity contribution in [2.75, 3.05) is 0 Å². The Bertz CT molecular complexity index is 553. The summed E-state index contributed by atoms with van der Waals surface area (Å²) in [6.45, 7) is 4.72. The first-order chi connectivity index (χ1) is 9.10. The van der Waals surface area contributed by atoms with E-state index in [9.17, 15) is 0 Å². The van der Waals surface area contributed by atoms with E-state index in [2.05, 4.69) is 18.8 Å². The maximum atomic E-state index is 6.10. The van der Waals surface area contributed by atoms with E-state index >= 15 is 0 Å². The summed E-state index contributed by atoms with van der Waals surface area (Å²) < 4.78 is 5.66. The van der Waals surface area contributed by atoms with E-state index in [4.69, 9.17) is 22.1 Å². The molecule has 1 aromatic carbocycles. The van der Waals surface area contributed by atoms with Crippen LogP contribution < -0.4 is 10.5 Å². The molecular weight excluding hydrogens is 260 g/mol. The molecule has 1 aromatic heterocycles. The van der Waals surface area contributed by atoms with Gasteiger partial charge in [-0.3, -0.25) is 0 Å².